The molecule has 0 atom stereocenters. The predicted molar refractivity (Wildman–Crippen MR) is 153 cm³/mol. The monoisotopic (exact) mass is 511 g/mol. The number of aromatic hydroxyl groups is 1. The van der Waals surface area contributed by atoms with Gasteiger partial charge in [0.2, 0.25) is 0 Å². The van der Waals surface area contributed by atoms with E-state index in [0.29, 0.717) is 6.54 Å². The van der Waals surface area contributed by atoms with Gasteiger partial charge in [0.1, 0.15) is 17.2 Å². The van der Waals surface area contributed by atoms with E-state index in [2.05, 4.69) is 72.5 Å². The smallest absolute Gasteiger partial charge is 0.126 e. The Morgan fingerprint density at radius 2 is 1.62 bits per heavy atom. The maximum absolute atomic E-state index is 10.1. The van der Waals surface area contributed by atoms with Crippen LogP contribution in [-0.4, -0.2) is 30.8 Å². The quantitative estimate of drug-likeness (QED) is 0.211. The summed E-state index contributed by atoms with van der Waals surface area (Å²) in [5.74, 6) is 1.96. The van der Waals surface area contributed by atoms with Crippen molar-refractivity contribution >= 4 is 17.8 Å². The molecule has 0 saturated carbocycles. The normalized spacial score (nSPS) is 11.3. The summed E-state index contributed by atoms with van der Waals surface area (Å²) in [6.07, 6.45) is 3.05. The molecular weight excluding hydrogens is 478 g/mol. The van der Waals surface area contributed by atoms with E-state index in [-0.39, 0.29) is 5.75 Å². The molecule has 0 saturated heterocycles. The van der Waals surface area contributed by atoms with Gasteiger partial charge in [-0.3, -0.25) is 0 Å². The predicted octanol–water partition coefficient (Wildman–Crippen LogP) is 7.55. The lowest BCUT2D eigenvalue weighted by molar-refractivity contribution is 0.364. The fourth-order valence-electron chi connectivity index (χ4n) is 4.13. The SMILES string of the molecule is COc1cccc(CCN(Cc2cccc(O)c2)/C(=C/c2cc(C)ccc2OC)Sc2ccccc2)c1. The number of methoxy groups -OCH3 is 2. The molecule has 0 fully saturated rings. The number of phenolic OH excluding ortho intramolecular Hbond substituents is 1. The fourth-order valence-corrected chi connectivity index (χ4v) is 5.13. The zero-order valence-corrected chi connectivity index (χ0v) is 22.4. The van der Waals surface area contributed by atoms with Crippen LogP contribution in [0.25, 0.3) is 6.08 Å². The van der Waals surface area contributed by atoms with Gasteiger partial charge in [-0.25, -0.2) is 0 Å². The first kappa shape index (κ1) is 26.2. The number of hydrogen-bond donors (Lipinski definition) is 1. The average molecular weight is 512 g/mol. The van der Waals surface area contributed by atoms with Crippen molar-refractivity contribution in [2.45, 2.75) is 24.8 Å². The minimum Gasteiger partial charge on any atom is -0.508 e. The number of phenols is 1. The second kappa shape index (κ2) is 12.9. The van der Waals surface area contributed by atoms with E-state index < -0.39 is 0 Å². The lowest BCUT2D eigenvalue weighted by Gasteiger charge is -2.28. The first-order valence-corrected chi connectivity index (χ1v) is 13.1. The highest BCUT2D eigenvalue weighted by Gasteiger charge is 2.15. The zero-order valence-electron chi connectivity index (χ0n) is 21.6. The summed E-state index contributed by atoms with van der Waals surface area (Å²) in [6.45, 7) is 3.52. The minimum absolute atomic E-state index is 0.270. The third-order valence-electron chi connectivity index (χ3n) is 6.03. The molecule has 0 spiro atoms. The molecule has 0 aliphatic carbocycles. The number of aryl methyl sites for hydroxylation is 1. The first-order valence-electron chi connectivity index (χ1n) is 12.3. The molecule has 4 aromatic rings. The van der Waals surface area contributed by atoms with Gasteiger partial charge in [0, 0.05) is 23.5 Å². The number of benzene rings is 4. The van der Waals surface area contributed by atoms with Crippen molar-refractivity contribution in [2.75, 3.05) is 20.8 Å². The Labute approximate surface area is 224 Å². The fraction of sp³-hybridized carbons (Fsp3) is 0.188. The summed E-state index contributed by atoms with van der Waals surface area (Å²) < 4.78 is 11.1. The molecule has 0 aromatic heterocycles. The van der Waals surface area contributed by atoms with Crippen LogP contribution in [0.3, 0.4) is 0 Å². The van der Waals surface area contributed by atoms with Crippen molar-refractivity contribution < 1.29 is 14.6 Å². The van der Waals surface area contributed by atoms with Crippen LogP contribution in [0.1, 0.15) is 22.3 Å². The molecule has 0 aliphatic heterocycles. The highest BCUT2D eigenvalue weighted by atomic mass is 32.2. The summed E-state index contributed by atoms with van der Waals surface area (Å²) in [7, 11) is 3.40. The van der Waals surface area contributed by atoms with Gasteiger partial charge in [-0.2, -0.15) is 0 Å². The number of rotatable bonds is 11. The van der Waals surface area contributed by atoms with Crippen LogP contribution in [0, 0.1) is 6.92 Å². The Kier molecular flexibility index (Phi) is 9.17. The Morgan fingerprint density at radius 1 is 0.838 bits per heavy atom. The molecule has 0 bridgehead atoms. The van der Waals surface area contributed by atoms with E-state index in [1.807, 2.05) is 36.4 Å². The van der Waals surface area contributed by atoms with Gasteiger partial charge in [-0.05, 0) is 79.1 Å². The van der Waals surface area contributed by atoms with Gasteiger partial charge < -0.3 is 19.5 Å². The van der Waals surface area contributed by atoms with E-state index in [1.54, 1.807) is 32.0 Å². The van der Waals surface area contributed by atoms with Crippen LogP contribution in [0.5, 0.6) is 17.2 Å². The summed E-state index contributed by atoms with van der Waals surface area (Å²) >= 11 is 1.73. The number of hydrogen-bond acceptors (Lipinski definition) is 5. The highest BCUT2D eigenvalue weighted by Crippen LogP contribution is 2.34. The van der Waals surface area contributed by atoms with Gasteiger partial charge in [-0.15, -0.1) is 0 Å². The Balaban J connectivity index is 1.74. The summed E-state index contributed by atoms with van der Waals surface area (Å²) in [5, 5.41) is 11.2. The number of ether oxygens (including phenoxy) is 2. The van der Waals surface area contributed by atoms with Crippen LogP contribution in [0.15, 0.2) is 107 Å². The molecule has 4 rings (SSSR count). The summed E-state index contributed by atoms with van der Waals surface area (Å²) in [5.41, 5.74) is 4.45. The molecule has 4 nitrogen and oxygen atoms in total. The molecular formula is C32H33NO3S. The van der Waals surface area contributed by atoms with E-state index in [1.165, 1.54) is 11.1 Å². The lowest BCUT2D eigenvalue weighted by Crippen LogP contribution is -2.24. The Morgan fingerprint density at radius 3 is 2.38 bits per heavy atom. The third kappa shape index (κ3) is 7.58. The maximum atomic E-state index is 10.1. The van der Waals surface area contributed by atoms with Gasteiger partial charge >= 0.3 is 0 Å². The molecule has 37 heavy (non-hydrogen) atoms. The van der Waals surface area contributed by atoms with Crippen LogP contribution in [-0.2, 0) is 13.0 Å². The van der Waals surface area contributed by atoms with Crippen molar-refractivity contribution in [1.29, 1.82) is 0 Å². The van der Waals surface area contributed by atoms with E-state index in [0.717, 1.165) is 45.5 Å². The highest BCUT2D eigenvalue weighted by molar-refractivity contribution is 8.03. The van der Waals surface area contributed by atoms with Crippen molar-refractivity contribution in [3.05, 3.63) is 124 Å². The number of thioether (sulfide) groups is 1. The van der Waals surface area contributed by atoms with Gasteiger partial charge in [-0.1, -0.05) is 65.9 Å². The van der Waals surface area contributed by atoms with Crippen molar-refractivity contribution in [1.82, 2.24) is 4.90 Å². The molecule has 1 N–H and O–H groups in total. The summed E-state index contributed by atoms with van der Waals surface area (Å²) in [4.78, 5) is 3.52. The first-order chi connectivity index (χ1) is 18.0. The Bertz CT molecular complexity index is 1340. The van der Waals surface area contributed by atoms with Gasteiger partial charge in [0.05, 0.1) is 19.2 Å². The minimum atomic E-state index is 0.270. The van der Waals surface area contributed by atoms with Crippen LogP contribution in [0.4, 0.5) is 0 Å². The standard InChI is InChI=1S/C32H33NO3S/c1-24-15-16-31(36-3)27(19-24)22-32(37-30-13-5-4-6-14-30)33(23-26-10-7-11-28(34)20-26)18-17-25-9-8-12-29(21-25)35-2/h4-16,19-22,34H,17-18,23H2,1-3H3/b32-22-. The van der Waals surface area contributed by atoms with E-state index >= 15 is 0 Å². The Hall–Kier alpha value is -3.83. The van der Waals surface area contributed by atoms with Gasteiger partial charge in [0.25, 0.3) is 0 Å². The topological polar surface area (TPSA) is 41.9 Å². The molecule has 0 radical (unpaired) electrons. The molecule has 4 aromatic carbocycles. The molecule has 0 amide bonds. The zero-order chi connectivity index (χ0) is 26.0. The largest absolute Gasteiger partial charge is 0.508 e. The van der Waals surface area contributed by atoms with Crippen LogP contribution < -0.4 is 9.47 Å². The average Bonchev–Trinajstić information content (AvgIpc) is 2.91. The third-order valence-corrected chi connectivity index (χ3v) is 7.12. The van der Waals surface area contributed by atoms with Crippen molar-refractivity contribution in [3.8, 4) is 17.2 Å². The molecule has 190 valence electrons. The second-order valence-corrected chi connectivity index (χ2v) is 9.93. The molecule has 0 aliphatic rings. The maximum Gasteiger partial charge on any atom is 0.126 e. The second-order valence-electron chi connectivity index (χ2n) is 8.84. The van der Waals surface area contributed by atoms with Crippen molar-refractivity contribution in [2.24, 2.45) is 0 Å². The molecule has 5 heteroatoms. The van der Waals surface area contributed by atoms with Crippen molar-refractivity contribution in [3.63, 3.8) is 0 Å². The summed E-state index contributed by atoms with van der Waals surface area (Å²) in [6, 6.07) is 32.3. The lowest BCUT2D eigenvalue weighted by atomic mass is 10.1. The van der Waals surface area contributed by atoms with E-state index in [9.17, 15) is 5.11 Å². The van der Waals surface area contributed by atoms with Crippen LogP contribution >= 0.6 is 11.8 Å². The molecule has 0 heterocycles. The van der Waals surface area contributed by atoms with Crippen LogP contribution in [0.2, 0.25) is 0 Å². The number of nitrogens with zero attached hydrogens (tertiary/aromatic N) is 1. The van der Waals surface area contributed by atoms with E-state index in [4.69, 9.17) is 9.47 Å². The van der Waals surface area contributed by atoms with Gasteiger partial charge in [0.15, 0.2) is 0 Å². The molecule has 0 unspecified atom stereocenters.